The van der Waals surface area contributed by atoms with Gasteiger partial charge in [-0.25, -0.2) is 0 Å². The van der Waals surface area contributed by atoms with E-state index >= 15 is 0 Å². The van der Waals surface area contributed by atoms with Crippen molar-refractivity contribution in [2.24, 2.45) is 0 Å². The maximum atomic E-state index is 12.6. The number of benzene rings is 2. The van der Waals surface area contributed by atoms with Gasteiger partial charge in [-0.1, -0.05) is 46.4 Å². The molecule has 0 saturated carbocycles. The van der Waals surface area contributed by atoms with Gasteiger partial charge in [0.15, 0.2) is 0 Å². The van der Waals surface area contributed by atoms with Gasteiger partial charge in [-0.15, -0.1) is 11.3 Å². The van der Waals surface area contributed by atoms with E-state index in [0.29, 0.717) is 31.4 Å². The molecule has 0 aliphatic rings. The van der Waals surface area contributed by atoms with Crippen LogP contribution in [0.1, 0.15) is 9.67 Å². The highest BCUT2D eigenvalue weighted by Gasteiger charge is 2.19. The predicted molar refractivity (Wildman–Crippen MR) is 103 cm³/mol. The van der Waals surface area contributed by atoms with Gasteiger partial charge in [0, 0.05) is 10.1 Å². The Morgan fingerprint density at radius 1 is 1.04 bits per heavy atom. The van der Waals surface area contributed by atoms with E-state index in [1.807, 2.05) is 12.1 Å². The Hall–Kier alpha value is -1.17. The molecule has 1 heterocycles. The molecule has 0 fully saturated rings. The second-order valence-electron chi connectivity index (χ2n) is 4.81. The molecule has 0 bridgehead atoms. The minimum Gasteiger partial charge on any atom is -0.497 e. The van der Waals surface area contributed by atoms with Gasteiger partial charge in [-0.2, -0.15) is 0 Å². The molecule has 1 amide bonds. The molecule has 0 aliphatic heterocycles. The van der Waals surface area contributed by atoms with Crippen molar-refractivity contribution in [1.82, 2.24) is 0 Å². The molecular formula is C16H9Cl4NO2S. The molecule has 1 aromatic heterocycles. The van der Waals surface area contributed by atoms with Crippen molar-refractivity contribution < 1.29 is 9.53 Å². The Morgan fingerprint density at radius 2 is 1.75 bits per heavy atom. The summed E-state index contributed by atoms with van der Waals surface area (Å²) >= 11 is 25.6. The van der Waals surface area contributed by atoms with Crippen LogP contribution in [0.4, 0.5) is 5.69 Å². The van der Waals surface area contributed by atoms with E-state index in [1.54, 1.807) is 13.2 Å². The van der Waals surface area contributed by atoms with Crippen LogP contribution in [0, 0.1) is 0 Å². The van der Waals surface area contributed by atoms with Crippen LogP contribution in [-0.4, -0.2) is 13.0 Å². The SMILES string of the molecule is COc1ccc2sc(C(=O)Nc3cc(Cl)c(Cl)cc3Cl)c(Cl)c2c1. The highest BCUT2D eigenvalue weighted by Crippen LogP contribution is 2.38. The molecule has 0 radical (unpaired) electrons. The smallest absolute Gasteiger partial charge is 0.267 e. The Bertz CT molecular complexity index is 955. The van der Waals surface area contributed by atoms with Crippen molar-refractivity contribution in [3.63, 3.8) is 0 Å². The summed E-state index contributed by atoms with van der Waals surface area (Å²) in [6.45, 7) is 0. The first-order chi connectivity index (χ1) is 11.4. The number of rotatable bonds is 3. The standard InChI is InChI=1S/C16H9Cl4NO2S/c1-23-7-2-3-13-8(4-7)14(20)15(24-13)16(22)21-12-6-10(18)9(17)5-11(12)19/h2-6H,1H3,(H,21,22). The number of carbonyl (C=O) groups is 1. The maximum absolute atomic E-state index is 12.6. The molecule has 0 unspecified atom stereocenters. The fourth-order valence-electron chi connectivity index (χ4n) is 2.12. The maximum Gasteiger partial charge on any atom is 0.267 e. The summed E-state index contributed by atoms with van der Waals surface area (Å²) in [4.78, 5) is 12.9. The number of amides is 1. The Kier molecular flexibility index (Phi) is 5.13. The molecule has 1 N–H and O–H groups in total. The van der Waals surface area contributed by atoms with Gasteiger partial charge in [0.1, 0.15) is 10.6 Å². The Balaban J connectivity index is 1.97. The minimum absolute atomic E-state index is 0.289. The monoisotopic (exact) mass is 419 g/mol. The third kappa shape index (κ3) is 3.30. The second-order valence-corrected chi connectivity index (χ2v) is 7.46. The summed E-state index contributed by atoms with van der Waals surface area (Å²) in [5.74, 6) is 0.294. The molecule has 0 spiro atoms. The lowest BCUT2D eigenvalue weighted by Crippen LogP contribution is -2.11. The highest BCUT2D eigenvalue weighted by molar-refractivity contribution is 7.21. The van der Waals surface area contributed by atoms with Crippen LogP contribution in [0.2, 0.25) is 20.1 Å². The number of methoxy groups -OCH3 is 1. The molecule has 3 rings (SSSR count). The van der Waals surface area contributed by atoms with Gasteiger partial charge in [-0.3, -0.25) is 4.79 Å². The molecule has 8 heteroatoms. The normalized spacial score (nSPS) is 10.9. The van der Waals surface area contributed by atoms with Crippen molar-refractivity contribution in [3.05, 3.63) is 55.3 Å². The van der Waals surface area contributed by atoms with Crippen LogP contribution in [0.3, 0.4) is 0 Å². The summed E-state index contributed by atoms with van der Waals surface area (Å²) < 4.78 is 6.06. The third-order valence-electron chi connectivity index (χ3n) is 3.30. The van der Waals surface area contributed by atoms with Crippen LogP contribution < -0.4 is 10.1 Å². The fourth-order valence-corrected chi connectivity index (χ4v) is 4.10. The number of nitrogens with one attached hydrogen (secondary N) is 1. The van der Waals surface area contributed by atoms with E-state index in [4.69, 9.17) is 51.1 Å². The van der Waals surface area contributed by atoms with Crippen molar-refractivity contribution in [3.8, 4) is 5.75 Å². The topological polar surface area (TPSA) is 38.3 Å². The van der Waals surface area contributed by atoms with Crippen LogP contribution in [-0.2, 0) is 0 Å². The molecule has 3 aromatic rings. The van der Waals surface area contributed by atoms with Crippen LogP contribution in [0.5, 0.6) is 5.75 Å². The zero-order valence-corrected chi connectivity index (χ0v) is 16.0. The van der Waals surface area contributed by atoms with Crippen LogP contribution >= 0.6 is 57.7 Å². The molecule has 3 nitrogen and oxygen atoms in total. The average Bonchev–Trinajstić information content (AvgIpc) is 2.89. The zero-order valence-electron chi connectivity index (χ0n) is 12.1. The number of anilines is 1. The Morgan fingerprint density at radius 3 is 2.46 bits per heavy atom. The summed E-state index contributed by atoms with van der Waals surface area (Å²) in [6.07, 6.45) is 0. The van der Waals surface area contributed by atoms with Gasteiger partial charge in [0.2, 0.25) is 0 Å². The fraction of sp³-hybridized carbons (Fsp3) is 0.0625. The predicted octanol–water partition coefficient (Wildman–Crippen LogP) is 6.78. The van der Waals surface area contributed by atoms with Gasteiger partial charge < -0.3 is 10.1 Å². The van der Waals surface area contributed by atoms with Crippen LogP contribution in [0.25, 0.3) is 10.1 Å². The van der Waals surface area contributed by atoms with Gasteiger partial charge in [-0.05, 0) is 30.3 Å². The number of hydrogen-bond acceptors (Lipinski definition) is 3. The number of halogens is 4. The number of fused-ring (bicyclic) bond motifs is 1. The molecule has 124 valence electrons. The van der Waals surface area contributed by atoms with E-state index < -0.39 is 0 Å². The zero-order chi connectivity index (χ0) is 17.4. The van der Waals surface area contributed by atoms with Gasteiger partial charge in [0.25, 0.3) is 5.91 Å². The van der Waals surface area contributed by atoms with Crippen LogP contribution in [0.15, 0.2) is 30.3 Å². The quantitative estimate of drug-likeness (QED) is 0.474. The van der Waals surface area contributed by atoms with Crippen molar-refractivity contribution >= 4 is 79.4 Å². The first kappa shape index (κ1) is 17.6. The van der Waals surface area contributed by atoms with Gasteiger partial charge >= 0.3 is 0 Å². The van der Waals surface area contributed by atoms with Gasteiger partial charge in [0.05, 0.1) is 32.9 Å². The summed E-state index contributed by atoms with van der Waals surface area (Å²) in [6, 6.07) is 8.42. The lowest BCUT2D eigenvalue weighted by Gasteiger charge is -2.08. The molecule has 24 heavy (non-hydrogen) atoms. The summed E-state index contributed by atoms with van der Waals surface area (Å²) in [5, 5.41) is 4.72. The largest absolute Gasteiger partial charge is 0.497 e. The van der Waals surface area contributed by atoms with E-state index in [-0.39, 0.29) is 10.9 Å². The second kappa shape index (κ2) is 6.98. The number of thiophene rings is 1. The Labute approximate surface area is 162 Å². The molecule has 0 saturated heterocycles. The minimum atomic E-state index is -0.375. The van der Waals surface area contributed by atoms with E-state index in [2.05, 4.69) is 5.32 Å². The van der Waals surface area contributed by atoms with E-state index in [9.17, 15) is 4.79 Å². The lowest BCUT2D eigenvalue weighted by molar-refractivity contribution is 0.103. The van der Waals surface area contributed by atoms with Crippen molar-refractivity contribution in [2.75, 3.05) is 12.4 Å². The first-order valence-corrected chi connectivity index (χ1v) is 8.95. The number of ether oxygens (including phenoxy) is 1. The molecular weight excluding hydrogens is 412 g/mol. The summed E-state index contributed by atoms with van der Waals surface area (Å²) in [5.41, 5.74) is 0.363. The summed E-state index contributed by atoms with van der Waals surface area (Å²) in [7, 11) is 1.57. The highest BCUT2D eigenvalue weighted by atomic mass is 35.5. The number of carbonyl (C=O) groups excluding carboxylic acids is 1. The average molecular weight is 421 g/mol. The third-order valence-corrected chi connectivity index (χ3v) is 6.01. The molecule has 0 aliphatic carbocycles. The van der Waals surface area contributed by atoms with Crippen molar-refractivity contribution in [2.45, 2.75) is 0 Å². The van der Waals surface area contributed by atoms with Crippen molar-refractivity contribution in [1.29, 1.82) is 0 Å². The van der Waals surface area contributed by atoms with E-state index in [1.165, 1.54) is 23.5 Å². The number of hydrogen-bond donors (Lipinski definition) is 1. The molecule has 2 aromatic carbocycles. The van der Waals surface area contributed by atoms with E-state index in [0.717, 1.165) is 10.1 Å². The molecule has 0 atom stereocenters. The first-order valence-electron chi connectivity index (χ1n) is 6.62. The lowest BCUT2D eigenvalue weighted by atomic mass is 10.2.